The van der Waals surface area contributed by atoms with Crippen LogP contribution in [0.1, 0.15) is 25.7 Å². The molecule has 1 fully saturated rings. The predicted molar refractivity (Wildman–Crippen MR) is 85.6 cm³/mol. The highest BCUT2D eigenvalue weighted by Gasteiger charge is 2.20. The topological polar surface area (TPSA) is 55.1 Å². The zero-order chi connectivity index (χ0) is 14.5. The lowest BCUT2D eigenvalue weighted by atomic mass is 9.92. The van der Waals surface area contributed by atoms with E-state index in [1.54, 1.807) is 18.2 Å². The second-order valence-corrected chi connectivity index (χ2v) is 6.90. The highest BCUT2D eigenvalue weighted by atomic mass is 35.5. The third kappa shape index (κ3) is 4.85. The fourth-order valence-electron chi connectivity index (χ4n) is 2.26. The molecule has 3 N–H and O–H groups in total. The van der Waals surface area contributed by atoms with Crippen LogP contribution in [-0.2, 0) is 4.79 Å². The standard InChI is InChI=1S/C14H18Cl2N2OS/c15-9-1-6-12(16)13(7-9)20-8-14(19)18-11-4-2-10(17)3-5-11/h1,6-7,10-11H,2-5,8,17H2,(H,18,19). The maximum Gasteiger partial charge on any atom is 0.230 e. The Morgan fingerprint density at radius 3 is 2.70 bits per heavy atom. The van der Waals surface area contributed by atoms with Crippen LogP contribution < -0.4 is 11.1 Å². The molecule has 0 heterocycles. The zero-order valence-electron chi connectivity index (χ0n) is 11.1. The fourth-order valence-corrected chi connectivity index (χ4v) is 3.57. The van der Waals surface area contributed by atoms with Crippen molar-refractivity contribution in [2.75, 3.05) is 5.75 Å². The summed E-state index contributed by atoms with van der Waals surface area (Å²) in [6.45, 7) is 0. The quantitative estimate of drug-likeness (QED) is 0.830. The molecule has 0 spiro atoms. The molecule has 1 amide bonds. The lowest BCUT2D eigenvalue weighted by Gasteiger charge is -2.26. The summed E-state index contributed by atoms with van der Waals surface area (Å²) < 4.78 is 0. The molecule has 3 nitrogen and oxygen atoms in total. The van der Waals surface area contributed by atoms with Gasteiger partial charge in [0.25, 0.3) is 0 Å². The van der Waals surface area contributed by atoms with Crippen molar-refractivity contribution in [2.45, 2.75) is 42.7 Å². The Kier molecular flexibility index (Phi) is 6.02. The molecule has 1 aliphatic rings. The molecule has 0 aromatic heterocycles. The molecular weight excluding hydrogens is 315 g/mol. The van der Waals surface area contributed by atoms with Crippen molar-refractivity contribution in [3.63, 3.8) is 0 Å². The van der Waals surface area contributed by atoms with Crippen LogP contribution in [0.2, 0.25) is 10.0 Å². The first kappa shape index (κ1) is 16.0. The van der Waals surface area contributed by atoms with Crippen LogP contribution >= 0.6 is 35.0 Å². The molecule has 1 saturated carbocycles. The molecular formula is C14H18Cl2N2OS. The normalized spacial score (nSPS) is 22.6. The van der Waals surface area contributed by atoms with Crippen LogP contribution in [0.25, 0.3) is 0 Å². The first-order valence-electron chi connectivity index (χ1n) is 6.67. The van der Waals surface area contributed by atoms with Crippen molar-refractivity contribution in [3.05, 3.63) is 28.2 Å². The van der Waals surface area contributed by atoms with Gasteiger partial charge in [0.2, 0.25) is 5.91 Å². The number of hydrogen-bond acceptors (Lipinski definition) is 3. The van der Waals surface area contributed by atoms with Crippen molar-refractivity contribution in [1.29, 1.82) is 0 Å². The Balaban J connectivity index is 1.79. The summed E-state index contributed by atoms with van der Waals surface area (Å²) in [7, 11) is 0. The van der Waals surface area contributed by atoms with Crippen LogP contribution in [0, 0.1) is 0 Å². The zero-order valence-corrected chi connectivity index (χ0v) is 13.4. The van der Waals surface area contributed by atoms with E-state index in [9.17, 15) is 4.79 Å². The minimum atomic E-state index is 0.0338. The van der Waals surface area contributed by atoms with Crippen molar-refractivity contribution in [3.8, 4) is 0 Å². The highest BCUT2D eigenvalue weighted by molar-refractivity contribution is 8.00. The van der Waals surface area contributed by atoms with Crippen LogP contribution in [-0.4, -0.2) is 23.7 Å². The summed E-state index contributed by atoms with van der Waals surface area (Å²) in [5, 5.41) is 4.30. The average Bonchev–Trinajstić information content (AvgIpc) is 2.42. The molecule has 0 atom stereocenters. The number of halogens is 2. The van der Waals surface area contributed by atoms with Gasteiger partial charge in [-0.2, -0.15) is 0 Å². The number of hydrogen-bond donors (Lipinski definition) is 2. The molecule has 1 aliphatic carbocycles. The lowest BCUT2D eigenvalue weighted by molar-refractivity contribution is -0.119. The summed E-state index contributed by atoms with van der Waals surface area (Å²) in [5.41, 5.74) is 5.85. The van der Waals surface area contributed by atoms with Crippen molar-refractivity contribution < 1.29 is 4.79 Å². The van der Waals surface area contributed by atoms with Crippen LogP contribution in [0.15, 0.2) is 23.1 Å². The maximum absolute atomic E-state index is 11.9. The third-order valence-electron chi connectivity index (χ3n) is 3.39. The van der Waals surface area contributed by atoms with Crippen LogP contribution in [0.3, 0.4) is 0 Å². The Morgan fingerprint density at radius 2 is 2.00 bits per heavy atom. The molecule has 6 heteroatoms. The SMILES string of the molecule is NC1CCC(NC(=O)CSc2cc(Cl)ccc2Cl)CC1. The second-order valence-electron chi connectivity index (χ2n) is 5.04. The number of carbonyl (C=O) groups excluding carboxylic acids is 1. The van der Waals surface area contributed by atoms with E-state index >= 15 is 0 Å². The summed E-state index contributed by atoms with van der Waals surface area (Å²) >= 11 is 13.4. The van der Waals surface area contributed by atoms with Gasteiger partial charge < -0.3 is 11.1 Å². The van der Waals surface area contributed by atoms with Crippen molar-refractivity contribution in [1.82, 2.24) is 5.32 Å². The highest BCUT2D eigenvalue weighted by Crippen LogP contribution is 2.29. The van der Waals surface area contributed by atoms with Gasteiger partial charge in [0.15, 0.2) is 0 Å². The van der Waals surface area contributed by atoms with E-state index in [1.807, 2.05) is 0 Å². The lowest BCUT2D eigenvalue weighted by Crippen LogP contribution is -2.41. The van der Waals surface area contributed by atoms with Gasteiger partial charge in [-0.1, -0.05) is 23.2 Å². The Morgan fingerprint density at radius 1 is 1.30 bits per heavy atom. The van der Waals surface area contributed by atoms with Crippen LogP contribution in [0.4, 0.5) is 0 Å². The van der Waals surface area contributed by atoms with E-state index in [2.05, 4.69) is 5.32 Å². The van der Waals surface area contributed by atoms with E-state index in [0.717, 1.165) is 30.6 Å². The van der Waals surface area contributed by atoms with Gasteiger partial charge in [0.1, 0.15) is 0 Å². The number of nitrogens with two attached hydrogens (primary N) is 1. The van der Waals surface area contributed by atoms with Gasteiger partial charge in [-0.3, -0.25) is 4.79 Å². The van der Waals surface area contributed by atoms with E-state index < -0.39 is 0 Å². The smallest absolute Gasteiger partial charge is 0.230 e. The number of nitrogens with one attached hydrogen (secondary N) is 1. The molecule has 110 valence electrons. The van der Waals surface area contributed by atoms with Crippen molar-refractivity contribution >= 4 is 40.9 Å². The molecule has 0 radical (unpaired) electrons. The molecule has 1 aromatic carbocycles. The van der Waals surface area contributed by atoms with E-state index in [4.69, 9.17) is 28.9 Å². The summed E-state index contributed by atoms with van der Waals surface area (Å²) in [5.74, 6) is 0.384. The largest absolute Gasteiger partial charge is 0.353 e. The number of rotatable bonds is 4. The Labute approximate surface area is 133 Å². The number of amides is 1. The van der Waals surface area contributed by atoms with Gasteiger partial charge in [0, 0.05) is 22.0 Å². The molecule has 0 aliphatic heterocycles. The minimum Gasteiger partial charge on any atom is -0.353 e. The predicted octanol–water partition coefficient (Wildman–Crippen LogP) is 3.47. The molecule has 0 saturated heterocycles. The number of carbonyl (C=O) groups is 1. The summed E-state index contributed by atoms with van der Waals surface area (Å²) in [6.07, 6.45) is 3.90. The van der Waals surface area contributed by atoms with Crippen molar-refractivity contribution in [2.24, 2.45) is 5.73 Å². The molecule has 1 aromatic rings. The molecule has 2 rings (SSSR count). The number of thioether (sulfide) groups is 1. The average molecular weight is 333 g/mol. The van der Waals surface area contributed by atoms with Gasteiger partial charge in [-0.25, -0.2) is 0 Å². The van der Waals surface area contributed by atoms with E-state index in [0.29, 0.717) is 21.8 Å². The van der Waals surface area contributed by atoms with E-state index in [-0.39, 0.29) is 11.9 Å². The Bertz CT molecular complexity index is 476. The number of benzene rings is 1. The summed E-state index contributed by atoms with van der Waals surface area (Å²) in [6, 6.07) is 5.81. The first-order valence-corrected chi connectivity index (χ1v) is 8.41. The maximum atomic E-state index is 11.9. The fraction of sp³-hybridized carbons (Fsp3) is 0.500. The van der Waals surface area contributed by atoms with E-state index in [1.165, 1.54) is 11.8 Å². The molecule has 20 heavy (non-hydrogen) atoms. The van der Waals surface area contributed by atoms with Gasteiger partial charge in [-0.15, -0.1) is 11.8 Å². The van der Waals surface area contributed by atoms with Gasteiger partial charge in [-0.05, 0) is 43.9 Å². The Hall–Kier alpha value is -0.420. The van der Waals surface area contributed by atoms with Crippen LogP contribution in [0.5, 0.6) is 0 Å². The monoisotopic (exact) mass is 332 g/mol. The third-order valence-corrected chi connectivity index (χ3v) is 5.12. The second kappa shape index (κ2) is 7.55. The van der Waals surface area contributed by atoms with Gasteiger partial charge in [0.05, 0.1) is 10.8 Å². The van der Waals surface area contributed by atoms with Gasteiger partial charge >= 0.3 is 0 Å². The minimum absolute atomic E-state index is 0.0338. The molecule has 0 unspecified atom stereocenters. The first-order chi connectivity index (χ1) is 9.54. The summed E-state index contributed by atoms with van der Waals surface area (Å²) in [4.78, 5) is 12.8. The molecule has 0 bridgehead atoms.